The van der Waals surface area contributed by atoms with Crippen molar-refractivity contribution in [1.82, 2.24) is 10.2 Å². The first-order valence-corrected chi connectivity index (χ1v) is 11.3. The molecule has 0 spiro atoms. The van der Waals surface area contributed by atoms with Crippen molar-refractivity contribution in [3.8, 4) is 0 Å². The third kappa shape index (κ3) is 5.55. The number of nitrogens with zero attached hydrogens (tertiary/aromatic N) is 2. The molecule has 0 radical (unpaired) electrons. The van der Waals surface area contributed by atoms with Gasteiger partial charge < -0.3 is 15.0 Å². The lowest BCUT2D eigenvalue weighted by atomic mass is 10.1. The van der Waals surface area contributed by atoms with Gasteiger partial charge in [-0.2, -0.15) is 0 Å². The van der Waals surface area contributed by atoms with Crippen molar-refractivity contribution in [3.63, 3.8) is 0 Å². The van der Waals surface area contributed by atoms with E-state index in [2.05, 4.69) is 15.2 Å². The molecule has 0 aliphatic carbocycles. The first-order valence-electron chi connectivity index (χ1n) is 9.42. The quantitative estimate of drug-likeness (QED) is 0.610. The van der Waals surface area contributed by atoms with Gasteiger partial charge in [-0.1, -0.05) is 24.3 Å². The van der Waals surface area contributed by atoms with Gasteiger partial charge >= 0.3 is 0 Å². The Morgan fingerprint density at radius 3 is 2.41 bits per heavy atom. The van der Waals surface area contributed by atoms with E-state index >= 15 is 0 Å². The Morgan fingerprint density at radius 1 is 1.17 bits per heavy atom. The molecule has 156 valence electrons. The van der Waals surface area contributed by atoms with Crippen LogP contribution in [-0.2, 0) is 21.1 Å². The van der Waals surface area contributed by atoms with Gasteiger partial charge in [-0.3, -0.25) is 4.99 Å². The van der Waals surface area contributed by atoms with Gasteiger partial charge in [0.2, 0.25) is 0 Å². The molecular weight excluding hydrogens is 393 g/mol. The Labute approximate surface area is 171 Å². The molecule has 0 amide bonds. The minimum absolute atomic E-state index is 0.00797. The smallest absolute Gasteiger partial charge is 0.194 e. The largest absolute Gasteiger partial charge is 0.367 e. The van der Waals surface area contributed by atoms with Crippen molar-refractivity contribution in [2.45, 2.75) is 30.6 Å². The molecule has 2 aromatic rings. The second-order valence-electron chi connectivity index (χ2n) is 7.21. The molecule has 2 unspecified atom stereocenters. The van der Waals surface area contributed by atoms with Crippen LogP contribution in [0.25, 0.3) is 0 Å². The highest BCUT2D eigenvalue weighted by molar-refractivity contribution is 7.90. The number of halogens is 1. The molecular formula is C21H26FN3O3S. The summed E-state index contributed by atoms with van der Waals surface area (Å²) in [5, 5.41) is 3.33. The van der Waals surface area contributed by atoms with Crippen LogP contribution in [0, 0.1) is 5.82 Å². The minimum Gasteiger partial charge on any atom is -0.367 e. The molecule has 1 aliphatic heterocycles. The summed E-state index contributed by atoms with van der Waals surface area (Å²) in [6, 6.07) is 13.2. The molecule has 0 saturated carbocycles. The van der Waals surface area contributed by atoms with Gasteiger partial charge in [-0.15, -0.1) is 0 Å². The number of hydrogen-bond acceptors (Lipinski definition) is 4. The Bertz CT molecular complexity index is 960. The highest BCUT2D eigenvalue weighted by Gasteiger charge is 2.28. The predicted molar refractivity (Wildman–Crippen MR) is 111 cm³/mol. The Kier molecular flexibility index (Phi) is 6.54. The van der Waals surface area contributed by atoms with Crippen LogP contribution in [0.3, 0.4) is 0 Å². The second-order valence-corrected chi connectivity index (χ2v) is 9.22. The third-order valence-electron chi connectivity index (χ3n) is 4.82. The summed E-state index contributed by atoms with van der Waals surface area (Å²) in [7, 11) is -1.48. The molecule has 2 atom stereocenters. The zero-order chi connectivity index (χ0) is 21.0. The van der Waals surface area contributed by atoms with E-state index in [1.165, 1.54) is 18.4 Å². The molecule has 3 rings (SSSR count). The summed E-state index contributed by atoms with van der Waals surface area (Å²) in [5.41, 5.74) is 1.88. The number of sulfone groups is 1. The van der Waals surface area contributed by atoms with Crippen LogP contribution in [0.15, 0.2) is 58.4 Å². The van der Waals surface area contributed by atoms with Crippen LogP contribution in [0.1, 0.15) is 24.2 Å². The van der Waals surface area contributed by atoms with E-state index < -0.39 is 9.84 Å². The third-order valence-corrected chi connectivity index (χ3v) is 5.94. The molecule has 1 heterocycles. The monoisotopic (exact) mass is 419 g/mol. The van der Waals surface area contributed by atoms with Crippen molar-refractivity contribution in [2.24, 2.45) is 4.99 Å². The van der Waals surface area contributed by atoms with Crippen LogP contribution < -0.4 is 5.32 Å². The molecule has 2 aromatic carbocycles. The zero-order valence-corrected chi connectivity index (χ0v) is 17.6. The van der Waals surface area contributed by atoms with E-state index in [1.807, 2.05) is 6.92 Å². The molecule has 1 saturated heterocycles. The summed E-state index contributed by atoms with van der Waals surface area (Å²) >= 11 is 0. The van der Waals surface area contributed by atoms with E-state index in [0.717, 1.165) is 17.1 Å². The highest BCUT2D eigenvalue weighted by Crippen LogP contribution is 2.25. The lowest BCUT2D eigenvalue weighted by molar-refractivity contribution is -0.0605. The maximum atomic E-state index is 13.2. The molecule has 8 heteroatoms. The average Bonchev–Trinajstić information content (AvgIpc) is 2.68. The number of ether oxygens (including phenoxy) is 1. The van der Waals surface area contributed by atoms with Gasteiger partial charge in [0, 0.05) is 26.4 Å². The first-order chi connectivity index (χ1) is 13.8. The minimum atomic E-state index is -3.20. The number of aliphatic imine (C=N–C) groups is 1. The predicted octanol–water partition coefficient (Wildman–Crippen LogP) is 2.77. The van der Waals surface area contributed by atoms with Crippen LogP contribution in [0.5, 0.6) is 0 Å². The molecule has 1 aliphatic rings. The Balaban J connectivity index is 1.66. The van der Waals surface area contributed by atoms with Gasteiger partial charge in [-0.05, 0) is 42.3 Å². The zero-order valence-electron chi connectivity index (χ0n) is 16.8. The molecule has 6 nitrogen and oxygen atoms in total. The van der Waals surface area contributed by atoms with Crippen molar-refractivity contribution >= 4 is 15.8 Å². The van der Waals surface area contributed by atoms with Gasteiger partial charge in [0.1, 0.15) is 11.9 Å². The molecule has 0 bridgehead atoms. The highest BCUT2D eigenvalue weighted by atomic mass is 32.2. The Morgan fingerprint density at radius 2 is 1.83 bits per heavy atom. The first kappa shape index (κ1) is 21.3. The number of benzene rings is 2. The van der Waals surface area contributed by atoms with Crippen molar-refractivity contribution in [3.05, 3.63) is 65.5 Å². The fraction of sp³-hybridized carbons (Fsp3) is 0.381. The lowest BCUT2D eigenvalue weighted by Gasteiger charge is -2.38. The van der Waals surface area contributed by atoms with Gasteiger partial charge in [0.15, 0.2) is 15.8 Å². The van der Waals surface area contributed by atoms with E-state index in [4.69, 9.17) is 4.74 Å². The summed E-state index contributed by atoms with van der Waals surface area (Å²) in [5.74, 6) is 0.466. The lowest BCUT2D eigenvalue weighted by Crippen LogP contribution is -2.50. The summed E-state index contributed by atoms with van der Waals surface area (Å²) in [4.78, 5) is 6.80. The normalized spacial score (nSPS) is 20.6. The fourth-order valence-corrected chi connectivity index (χ4v) is 3.98. The second kappa shape index (κ2) is 8.92. The van der Waals surface area contributed by atoms with Crippen molar-refractivity contribution in [1.29, 1.82) is 0 Å². The van der Waals surface area contributed by atoms with Crippen molar-refractivity contribution < 1.29 is 17.5 Å². The van der Waals surface area contributed by atoms with E-state index in [0.29, 0.717) is 24.5 Å². The molecule has 29 heavy (non-hydrogen) atoms. The van der Waals surface area contributed by atoms with Crippen LogP contribution >= 0.6 is 0 Å². The number of hydrogen-bond donors (Lipinski definition) is 1. The maximum absolute atomic E-state index is 13.2. The summed E-state index contributed by atoms with van der Waals surface area (Å²) in [6.45, 7) is 3.80. The van der Waals surface area contributed by atoms with E-state index in [1.54, 1.807) is 43.4 Å². The number of guanidine groups is 1. The molecule has 0 aromatic heterocycles. The van der Waals surface area contributed by atoms with Crippen LogP contribution in [0.4, 0.5) is 4.39 Å². The molecule has 1 fully saturated rings. The van der Waals surface area contributed by atoms with E-state index in [9.17, 15) is 12.8 Å². The van der Waals surface area contributed by atoms with Crippen molar-refractivity contribution in [2.75, 3.05) is 26.4 Å². The van der Waals surface area contributed by atoms with Gasteiger partial charge in [0.05, 0.1) is 17.5 Å². The van der Waals surface area contributed by atoms with Crippen LogP contribution in [0.2, 0.25) is 0 Å². The number of rotatable bonds is 4. The van der Waals surface area contributed by atoms with Crippen LogP contribution in [-0.4, -0.2) is 51.8 Å². The van der Waals surface area contributed by atoms with E-state index in [-0.39, 0.29) is 18.0 Å². The SMILES string of the molecule is CN=C(NCc1ccc(S(C)(=O)=O)cc1)N1CC(C)OC(c2ccc(F)cc2)C1. The van der Waals surface area contributed by atoms with Gasteiger partial charge in [-0.25, -0.2) is 12.8 Å². The van der Waals surface area contributed by atoms with Gasteiger partial charge in [0.25, 0.3) is 0 Å². The average molecular weight is 420 g/mol. The number of nitrogens with one attached hydrogen (secondary N) is 1. The summed E-state index contributed by atoms with van der Waals surface area (Å²) in [6.07, 6.45) is 1.01. The number of morpholine rings is 1. The standard InChI is InChI=1S/C21H26FN3O3S/c1-15-13-25(14-20(28-15)17-6-8-18(22)9-7-17)21(23-2)24-12-16-4-10-19(11-5-16)29(3,26)27/h4-11,15,20H,12-14H2,1-3H3,(H,23,24). The topological polar surface area (TPSA) is 71.0 Å². The fourth-order valence-electron chi connectivity index (χ4n) is 3.35. The molecule has 1 N–H and O–H groups in total. The summed E-state index contributed by atoms with van der Waals surface area (Å²) < 4.78 is 42.4. The maximum Gasteiger partial charge on any atom is 0.194 e. The Hall–Kier alpha value is -2.45.